The van der Waals surface area contributed by atoms with Gasteiger partial charge in [0.15, 0.2) is 0 Å². The Morgan fingerprint density at radius 1 is 1.38 bits per heavy atom. The molecule has 4 N–H and O–H groups in total. The van der Waals surface area contributed by atoms with Crippen molar-refractivity contribution in [1.29, 1.82) is 0 Å². The van der Waals surface area contributed by atoms with Crippen LogP contribution in [0.1, 0.15) is 25.3 Å². The number of nitrogen functional groups attached to an aromatic ring is 1. The summed E-state index contributed by atoms with van der Waals surface area (Å²) in [6.07, 6.45) is 1.56. The van der Waals surface area contributed by atoms with E-state index in [1.54, 1.807) is 6.92 Å². The molecule has 0 bridgehead atoms. The van der Waals surface area contributed by atoms with Gasteiger partial charge in [0.2, 0.25) is 10.0 Å². The summed E-state index contributed by atoms with van der Waals surface area (Å²) in [7, 11) is -3.78. The molecule has 0 spiro atoms. The molecule has 9 heteroatoms. The molecule has 0 aliphatic heterocycles. The van der Waals surface area contributed by atoms with Gasteiger partial charge < -0.3 is 5.43 Å². The van der Waals surface area contributed by atoms with Gasteiger partial charge in [0.25, 0.3) is 5.69 Å². The molecule has 0 aromatic heterocycles. The fraction of sp³-hybridized carbons (Fsp3) is 0.500. The minimum Gasteiger partial charge on any atom is -0.318 e. The van der Waals surface area contributed by atoms with Crippen molar-refractivity contribution in [3.63, 3.8) is 0 Å². The molecule has 2 rings (SSSR count). The quantitative estimate of drug-likeness (QED) is 0.426. The monoisotopic (exact) mass is 314 g/mol. The molecule has 1 saturated carbocycles. The van der Waals surface area contributed by atoms with Crippen molar-refractivity contribution in [2.45, 2.75) is 37.6 Å². The van der Waals surface area contributed by atoms with E-state index in [4.69, 9.17) is 5.84 Å². The lowest BCUT2D eigenvalue weighted by molar-refractivity contribution is -0.384. The molecule has 8 nitrogen and oxygen atoms in total. The van der Waals surface area contributed by atoms with Gasteiger partial charge >= 0.3 is 0 Å². The zero-order valence-electron chi connectivity index (χ0n) is 11.8. The zero-order chi connectivity index (χ0) is 15.8. The predicted octanol–water partition coefficient (Wildman–Crippen LogP) is 1.27. The maximum Gasteiger partial charge on any atom is 0.295 e. The number of benzene rings is 1. The van der Waals surface area contributed by atoms with Crippen molar-refractivity contribution in [2.75, 3.05) is 5.43 Å². The molecule has 0 amide bonds. The van der Waals surface area contributed by atoms with Gasteiger partial charge in [-0.15, -0.1) is 0 Å². The molecule has 116 valence electrons. The minimum atomic E-state index is -3.78. The van der Waals surface area contributed by atoms with Gasteiger partial charge in [-0.25, -0.2) is 13.1 Å². The van der Waals surface area contributed by atoms with Crippen LogP contribution in [-0.2, 0) is 10.0 Å². The van der Waals surface area contributed by atoms with Crippen molar-refractivity contribution >= 4 is 21.4 Å². The van der Waals surface area contributed by atoms with E-state index in [0.717, 1.165) is 18.9 Å². The fourth-order valence-corrected chi connectivity index (χ4v) is 4.02. The van der Waals surface area contributed by atoms with E-state index in [1.165, 1.54) is 6.07 Å². The van der Waals surface area contributed by atoms with E-state index >= 15 is 0 Å². The molecule has 0 atom stereocenters. The van der Waals surface area contributed by atoms with Crippen molar-refractivity contribution in [2.24, 2.45) is 11.8 Å². The number of hydrogen-bond donors (Lipinski definition) is 3. The van der Waals surface area contributed by atoms with Gasteiger partial charge in [0.1, 0.15) is 5.69 Å². The molecule has 1 aromatic rings. The van der Waals surface area contributed by atoms with Crippen LogP contribution in [-0.4, -0.2) is 19.4 Å². The Hall–Kier alpha value is -1.71. The van der Waals surface area contributed by atoms with Gasteiger partial charge in [0.05, 0.1) is 9.82 Å². The number of sulfonamides is 1. The summed E-state index contributed by atoms with van der Waals surface area (Å²) in [5.41, 5.74) is 2.31. The molecule has 21 heavy (non-hydrogen) atoms. The number of aryl methyl sites for hydroxylation is 1. The molecule has 1 fully saturated rings. The first-order valence-electron chi connectivity index (χ1n) is 6.52. The minimum absolute atomic E-state index is 0.0775. The molecule has 1 aliphatic rings. The molecule has 1 aromatic carbocycles. The van der Waals surface area contributed by atoms with Gasteiger partial charge in [-0.1, -0.05) is 6.92 Å². The number of nitro groups is 1. The van der Waals surface area contributed by atoms with E-state index in [2.05, 4.69) is 10.1 Å². The Morgan fingerprint density at radius 2 is 2.00 bits per heavy atom. The van der Waals surface area contributed by atoms with E-state index < -0.39 is 14.9 Å². The first-order valence-corrected chi connectivity index (χ1v) is 8.01. The van der Waals surface area contributed by atoms with E-state index in [0.29, 0.717) is 11.5 Å². The molecule has 0 radical (unpaired) electrons. The average molecular weight is 314 g/mol. The van der Waals surface area contributed by atoms with Crippen molar-refractivity contribution in [3.05, 3.63) is 27.8 Å². The second-order valence-electron chi connectivity index (χ2n) is 5.43. The average Bonchev–Trinajstić information content (AvgIpc) is 2.35. The number of nitrogens with zero attached hydrogens (tertiary/aromatic N) is 1. The first-order chi connectivity index (χ1) is 9.74. The Kier molecular flexibility index (Phi) is 4.17. The third-order valence-electron chi connectivity index (χ3n) is 3.63. The van der Waals surface area contributed by atoms with Crippen LogP contribution >= 0.6 is 0 Å². The van der Waals surface area contributed by atoms with E-state index in [9.17, 15) is 18.5 Å². The summed E-state index contributed by atoms with van der Waals surface area (Å²) in [6.45, 7) is 3.62. The Balaban J connectivity index is 2.38. The normalized spacial score (nSPS) is 21.7. The summed E-state index contributed by atoms with van der Waals surface area (Å²) in [4.78, 5) is 10.2. The van der Waals surface area contributed by atoms with Crippen LogP contribution in [0, 0.1) is 23.0 Å². The molecular formula is C12H18N4O4S. The number of hydrazine groups is 1. The zero-order valence-corrected chi connectivity index (χ0v) is 12.6. The standard InChI is InChI=1S/C12H18N4O4S/c1-7-3-9(4-7)15-21(19,20)12-6-11(16(17)18)10(14-13)5-8(12)2/h5-7,9,14-15H,3-4,13H2,1-2H3. The highest BCUT2D eigenvalue weighted by Gasteiger charge is 2.31. The van der Waals surface area contributed by atoms with Crippen LogP contribution in [0.3, 0.4) is 0 Å². The van der Waals surface area contributed by atoms with Crippen LogP contribution in [0.25, 0.3) is 0 Å². The lowest BCUT2D eigenvalue weighted by Crippen LogP contribution is -2.43. The van der Waals surface area contributed by atoms with E-state index in [-0.39, 0.29) is 22.3 Å². The third-order valence-corrected chi connectivity index (χ3v) is 5.29. The van der Waals surface area contributed by atoms with Crippen LogP contribution in [0.2, 0.25) is 0 Å². The van der Waals surface area contributed by atoms with Gasteiger partial charge in [-0.3, -0.25) is 16.0 Å². The molecule has 0 saturated heterocycles. The van der Waals surface area contributed by atoms with Crippen LogP contribution < -0.4 is 16.0 Å². The highest BCUT2D eigenvalue weighted by Crippen LogP contribution is 2.32. The summed E-state index contributed by atoms with van der Waals surface area (Å²) in [5, 5.41) is 11.0. The topological polar surface area (TPSA) is 127 Å². The lowest BCUT2D eigenvalue weighted by Gasteiger charge is -2.33. The van der Waals surface area contributed by atoms with Gasteiger partial charge in [0, 0.05) is 12.1 Å². The number of hydrogen-bond acceptors (Lipinski definition) is 6. The Labute approximate surface area is 122 Å². The number of nitro benzene ring substituents is 1. The van der Waals surface area contributed by atoms with E-state index in [1.807, 2.05) is 6.92 Å². The Bertz CT molecular complexity index is 668. The van der Waals surface area contributed by atoms with Crippen molar-refractivity contribution < 1.29 is 13.3 Å². The third kappa shape index (κ3) is 3.14. The second-order valence-corrected chi connectivity index (χ2v) is 7.11. The van der Waals surface area contributed by atoms with Crippen LogP contribution in [0.5, 0.6) is 0 Å². The molecule has 0 heterocycles. The summed E-state index contributed by atoms with van der Waals surface area (Å²) in [6, 6.07) is 2.29. The fourth-order valence-electron chi connectivity index (χ4n) is 2.52. The van der Waals surface area contributed by atoms with Gasteiger partial charge in [-0.05, 0) is 37.3 Å². The first kappa shape index (κ1) is 15.7. The maximum absolute atomic E-state index is 12.4. The Morgan fingerprint density at radius 3 is 2.48 bits per heavy atom. The molecular weight excluding hydrogens is 296 g/mol. The SMILES string of the molecule is Cc1cc(NN)c([N+](=O)[O-])cc1S(=O)(=O)NC1CC(C)C1. The van der Waals surface area contributed by atoms with Crippen LogP contribution in [0.15, 0.2) is 17.0 Å². The summed E-state index contributed by atoms with van der Waals surface area (Å²) in [5.74, 6) is 5.72. The summed E-state index contributed by atoms with van der Waals surface area (Å²) < 4.78 is 27.3. The molecule has 0 unspecified atom stereocenters. The number of anilines is 1. The predicted molar refractivity (Wildman–Crippen MR) is 78.2 cm³/mol. The number of nitrogens with one attached hydrogen (secondary N) is 2. The van der Waals surface area contributed by atoms with Crippen molar-refractivity contribution in [3.8, 4) is 0 Å². The van der Waals surface area contributed by atoms with Crippen LogP contribution in [0.4, 0.5) is 11.4 Å². The highest BCUT2D eigenvalue weighted by molar-refractivity contribution is 7.89. The lowest BCUT2D eigenvalue weighted by atomic mass is 9.83. The maximum atomic E-state index is 12.4. The number of rotatable bonds is 5. The second kappa shape index (κ2) is 5.58. The van der Waals surface area contributed by atoms with Crippen molar-refractivity contribution in [1.82, 2.24) is 4.72 Å². The molecule has 1 aliphatic carbocycles. The highest BCUT2D eigenvalue weighted by atomic mass is 32.2. The smallest absolute Gasteiger partial charge is 0.295 e. The largest absolute Gasteiger partial charge is 0.318 e. The summed E-state index contributed by atoms with van der Waals surface area (Å²) >= 11 is 0. The van der Waals surface area contributed by atoms with Gasteiger partial charge in [-0.2, -0.15) is 0 Å². The number of nitrogens with two attached hydrogens (primary N) is 1.